The molecule has 1 rings (SSSR count). The first-order valence-corrected chi connectivity index (χ1v) is 25.7. The minimum Gasteiger partial charge on any atom is -0.0938 e. The van der Waals surface area contributed by atoms with Crippen molar-refractivity contribution in [2.75, 3.05) is 12.5 Å². The number of rotatable bonds is 19. The number of thiocarbonyl (C=S) groups is 1. The number of hydrogen-bond acceptors (Lipinski definition) is 5. The first-order chi connectivity index (χ1) is 23.0. The van der Waals surface area contributed by atoms with Crippen LogP contribution in [0.5, 0.6) is 0 Å². The van der Waals surface area contributed by atoms with Crippen molar-refractivity contribution in [3.8, 4) is 0 Å². The van der Waals surface area contributed by atoms with E-state index in [-0.39, 0.29) is 23.1 Å². The van der Waals surface area contributed by atoms with E-state index in [1.165, 1.54) is 9.14 Å². The van der Waals surface area contributed by atoms with Gasteiger partial charge in [0.1, 0.15) is 0 Å². The van der Waals surface area contributed by atoms with Crippen molar-refractivity contribution < 1.29 is 12.6 Å². The minimum atomic E-state index is -2.27. The Kier molecular flexibility index (Phi) is 26.8. The maximum Gasteiger partial charge on any atom is -0.0242 e. The monoisotopic (exact) mass is 834 g/mol. The van der Waals surface area contributed by atoms with E-state index in [0.717, 1.165) is 57.8 Å². The molecule has 2 atom stereocenters. The Bertz CT molecular complexity index is 1110. The molecule has 0 aliphatic rings. The second-order valence-corrected chi connectivity index (χ2v) is 29.2. The number of hydrogen-bond donors (Lipinski definition) is 1. The van der Waals surface area contributed by atoms with Crippen molar-refractivity contribution in [3.05, 3.63) is 70.0 Å². The van der Waals surface area contributed by atoms with Crippen molar-refractivity contribution in [3.63, 3.8) is 0 Å². The molecule has 0 heterocycles. The molecule has 0 saturated heterocycles. The second kappa shape index (κ2) is 26.4. The minimum absolute atomic E-state index is 0.00547. The van der Waals surface area contributed by atoms with E-state index in [1.54, 1.807) is 5.37 Å². The number of benzene rings is 1. The summed E-state index contributed by atoms with van der Waals surface area (Å²) >= 11 is 2.00. The number of carbonyl (C=O) groups excluding carboxylic acids is 1. The Hall–Kier alpha value is -1.36. The van der Waals surface area contributed by atoms with Gasteiger partial charge < -0.3 is 0 Å². The number of ether oxygens (including phenoxy) is 1. The maximum atomic E-state index is 14.2. The number of carbonyl (C=O) groups is 1. The van der Waals surface area contributed by atoms with Crippen LogP contribution in [0.15, 0.2) is 66.4 Å². The van der Waals surface area contributed by atoms with E-state index in [1.807, 2.05) is 52.5 Å². The van der Waals surface area contributed by atoms with E-state index >= 15 is 0 Å². The molecule has 0 aliphatic heterocycles. The molecule has 1 aromatic carbocycles. The van der Waals surface area contributed by atoms with Crippen LogP contribution in [0.4, 0.5) is 4.79 Å². The predicted octanol–water partition coefficient (Wildman–Crippen LogP) is 13.6. The third kappa shape index (κ3) is 19.2. The van der Waals surface area contributed by atoms with E-state index < -0.39 is 31.6 Å². The van der Waals surface area contributed by atoms with Crippen LogP contribution in [-0.4, -0.2) is 51.5 Å². The normalized spacial score (nSPS) is 14.0. The van der Waals surface area contributed by atoms with E-state index in [4.69, 9.17) is 13.5 Å². The second-order valence-electron chi connectivity index (χ2n) is 13.7. The van der Waals surface area contributed by atoms with Gasteiger partial charge in [-0.1, -0.05) is 26.1 Å². The fourth-order valence-electron chi connectivity index (χ4n) is 4.84. The molecule has 8 heteroatoms. The first kappa shape index (κ1) is 49.8. The van der Waals surface area contributed by atoms with Crippen LogP contribution < -0.4 is 5.73 Å². The molecule has 49 heavy (non-hydrogen) atoms. The molecule has 0 aliphatic carbocycles. The largest absolute Gasteiger partial charge is 0.0938 e. The van der Waals surface area contributed by atoms with Crippen LogP contribution in [0.2, 0.25) is 0 Å². The van der Waals surface area contributed by atoms with Gasteiger partial charge in [0, 0.05) is 0 Å². The molecule has 0 radical (unpaired) electrons. The number of amides is 1. The van der Waals surface area contributed by atoms with Crippen LogP contribution >= 0.6 is 38.3 Å². The standard InChI is InChI=1S/C37H65IN2O3S.C2H4S.C2H6/c1-13-21-31(25-20-24-30(5)39)28-29-33(22-14-2)40(35(41)42-36(6,7)8)34(23-15-3)43-38(32-26-18-17-19-27-32)44(11,12)37(9,10)16-4;1-2-3;1-2/h17-21,24,26-27,33-34H,5,13-16,22-23,25,28-29,39H2,1-4,6-12H3;2H,1H3;1-2H3/b24-20-,31-21+;;/t33?,34-;;/m0../s1. The molecule has 0 fully saturated rings. The molecule has 1 amide bonds. The van der Waals surface area contributed by atoms with Gasteiger partial charge in [0.05, 0.1) is 0 Å². The summed E-state index contributed by atoms with van der Waals surface area (Å²) in [5.41, 5.74) is 7.10. The van der Waals surface area contributed by atoms with Gasteiger partial charge >= 0.3 is 281 Å². The van der Waals surface area contributed by atoms with Crippen molar-refractivity contribution >= 4 is 49.7 Å². The van der Waals surface area contributed by atoms with Gasteiger partial charge in [0.2, 0.25) is 0 Å². The average molecular weight is 835 g/mol. The number of nitrogens with two attached hydrogens (primary N) is 1. The summed E-state index contributed by atoms with van der Waals surface area (Å²) in [6.07, 6.45) is 18.8. The van der Waals surface area contributed by atoms with Gasteiger partial charge in [-0.3, -0.25) is 0 Å². The molecule has 1 unspecified atom stereocenters. The predicted molar refractivity (Wildman–Crippen MR) is 235 cm³/mol. The van der Waals surface area contributed by atoms with Crippen molar-refractivity contribution in [2.45, 2.75) is 163 Å². The quantitative estimate of drug-likeness (QED) is 0.0494. The van der Waals surface area contributed by atoms with Gasteiger partial charge in [0.25, 0.3) is 0 Å². The molecule has 0 saturated carbocycles. The zero-order valence-corrected chi connectivity index (χ0v) is 37.7. The molecular formula is C41H75IN2O3S2. The first-order valence-electron chi connectivity index (χ1n) is 18.3. The average Bonchev–Trinajstić information content (AvgIpc) is 3.02. The van der Waals surface area contributed by atoms with E-state index in [9.17, 15) is 4.79 Å². The molecule has 286 valence electrons. The SMILES string of the molecule is C=C(N)/C=C\C/C(=C\CC)CCC(CCC)N(C(=O)OC(C)(C)C)[C@H](CCC)OI(c1ccccc1)S(C)(C)C(C)(C)CC.CC.CC=S. The van der Waals surface area contributed by atoms with Crippen molar-refractivity contribution in [2.24, 2.45) is 5.73 Å². The van der Waals surface area contributed by atoms with E-state index in [2.05, 4.69) is 115 Å². The summed E-state index contributed by atoms with van der Waals surface area (Å²) in [7, 11) is -1.18. The molecule has 1 aromatic rings. The zero-order valence-electron chi connectivity index (χ0n) is 33.9. The summed E-state index contributed by atoms with van der Waals surface area (Å²) in [6, 6.07) is 10.9. The Balaban J connectivity index is 0. The topological polar surface area (TPSA) is 64.8 Å². The Morgan fingerprint density at radius 1 is 1.02 bits per heavy atom. The summed E-state index contributed by atoms with van der Waals surface area (Å²) in [5.74, 6) is 0. The summed E-state index contributed by atoms with van der Waals surface area (Å²) in [6.45, 7) is 29.1. The summed E-state index contributed by atoms with van der Waals surface area (Å²) < 4.78 is 15.1. The van der Waals surface area contributed by atoms with Crippen molar-refractivity contribution in [1.82, 2.24) is 4.90 Å². The molecule has 0 spiro atoms. The van der Waals surface area contributed by atoms with Crippen LogP contribution in [-0.2, 0) is 7.80 Å². The van der Waals surface area contributed by atoms with Crippen LogP contribution in [0.3, 0.4) is 0 Å². The number of halogens is 1. The smallest absolute Gasteiger partial charge is 0.0242 e. The maximum absolute atomic E-state index is 14.2. The van der Waals surface area contributed by atoms with E-state index in [0.29, 0.717) is 5.70 Å². The third-order valence-electron chi connectivity index (χ3n) is 8.08. The van der Waals surface area contributed by atoms with Gasteiger partial charge in [-0.15, -0.1) is 0 Å². The Morgan fingerprint density at radius 2 is 1.57 bits per heavy atom. The zero-order chi connectivity index (χ0) is 38.3. The third-order valence-corrected chi connectivity index (χ3v) is 25.7. The van der Waals surface area contributed by atoms with Crippen molar-refractivity contribution in [1.29, 1.82) is 0 Å². The van der Waals surface area contributed by atoms with Gasteiger partial charge in [-0.2, -0.15) is 0 Å². The molecule has 0 aromatic heterocycles. The number of nitrogens with zero attached hydrogens (tertiary/aromatic N) is 1. The van der Waals surface area contributed by atoms with Crippen LogP contribution in [0.1, 0.15) is 141 Å². The summed E-state index contributed by atoms with van der Waals surface area (Å²) in [5, 5.41) is 1.58. The van der Waals surface area contributed by atoms with Gasteiger partial charge in [-0.25, -0.2) is 0 Å². The molecular weight excluding hydrogens is 759 g/mol. The molecule has 0 bridgehead atoms. The van der Waals surface area contributed by atoms with Gasteiger partial charge in [0.15, 0.2) is 0 Å². The molecule has 5 nitrogen and oxygen atoms in total. The van der Waals surface area contributed by atoms with Gasteiger partial charge in [-0.05, 0) is 12.3 Å². The Labute approximate surface area is 317 Å². The van der Waals surface area contributed by atoms with Crippen LogP contribution in [0, 0.1) is 3.57 Å². The van der Waals surface area contributed by atoms with Crippen LogP contribution in [0.25, 0.3) is 0 Å². The fraction of sp³-hybridized carbons (Fsp3) is 0.659. The number of allylic oxidation sites excluding steroid dienone is 4. The summed E-state index contributed by atoms with van der Waals surface area (Å²) in [4.78, 5) is 16.2. The molecule has 2 N–H and O–H groups in total. The Morgan fingerprint density at radius 3 is 2.02 bits per heavy atom. The fourth-order valence-corrected chi connectivity index (χ4v) is 19.7.